The van der Waals surface area contributed by atoms with Crippen molar-refractivity contribution in [1.82, 2.24) is 34.2 Å². The first-order valence-electron chi connectivity index (χ1n) is 10.9. The molecule has 2 aromatic heterocycles. The van der Waals surface area contributed by atoms with Crippen LogP contribution < -0.4 is 4.62 Å². The van der Waals surface area contributed by atoms with E-state index in [1.807, 2.05) is 12.1 Å². The maximum absolute atomic E-state index is 10.7. The Morgan fingerprint density at radius 2 is 1.18 bits per heavy atom. The topological polar surface area (TPSA) is 62.6 Å². The van der Waals surface area contributed by atoms with Gasteiger partial charge < -0.3 is 0 Å². The van der Waals surface area contributed by atoms with Crippen LogP contribution in [0, 0.1) is 0 Å². The van der Waals surface area contributed by atoms with Gasteiger partial charge in [0.15, 0.2) is 5.52 Å². The minimum Gasteiger partial charge on any atom is -0.234 e. The van der Waals surface area contributed by atoms with Crippen LogP contribution in [0.3, 0.4) is 0 Å². The molecule has 8 nitrogen and oxygen atoms in total. The molecule has 2 aromatic rings. The van der Waals surface area contributed by atoms with E-state index < -0.39 is 15.8 Å². The SMILES string of the molecule is F[P-](F)(F)(F)(F)F.c1cnc2nnn(O[P+](N3CCCC3)(N3CCCC3)N3CCCC3)c2c1. The summed E-state index contributed by atoms with van der Waals surface area (Å²) in [5.74, 6) is 0. The Labute approximate surface area is 187 Å². The largest absolute Gasteiger partial charge is 0.451 e. The zero-order valence-corrected chi connectivity index (χ0v) is 19.7. The van der Waals surface area contributed by atoms with Crippen LogP contribution in [-0.4, -0.2) is 73.4 Å². The molecule has 0 bridgehead atoms. The van der Waals surface area contributed by atoms with Crippen LogP contribution in [0.4, 0.5) is 25.2 Å². The smallest absolute Gasteiger partial charge is 0.234 e. The van der Waals surface area contributed by atoms with E-state index in [0.29, 0.717) is 5.65 Å². The van der Waals surface area contributed by atoms with Crippen LogP contribution in [0.1, 0.15) is 38.5 Å². The molecule has 188 valence electrons. The minimum absolute atomic E-state index is 0.648. The number of halogens is 6. The third-order valence-electron chi connectivity index (χ3n) is 5.73. The normalized spacial score (nSPS) is 23.3. The second-order valence-electron chi connectivity index (χ2n) is 8.34. The first-order chi connectivity index (χ1) is 15.3. The molecule has 5 rings (SSSR count). The average Bonchev–Trinajstić information content (AvgIpc) is 3.53. The molecule has 0 aliphatic carbocycles. The summed E-state index contributed by atoms with van der Waals surface area (Å²) < 4.78 is 74.0. The van der Waals surface area contributed by atoms with Crippen LogP contribution in [0.25, 0.3) is 11.2 Å². The van der Waals surface area contributed by atoms with Gasteiger partial charge in [-0.2, -0.15) is 4.62 Å². The number of pyridine rings is 1. The summed E-state index contributed by atoms with van der Waals surface area (Å²) in [4.78, 5) is 5.98. The zero-order chi connectivity index (χ0) is 23.8. The number of nitrogens with zero attached hydrogens (tertiary/aromatic N) is 7. The van der Waals surface area contributed by atoms with Gasteiger partial charge in [-0.25, -0.2) is 4.98 Å². The zero-order valence-electron chi connectivity index (χ0n) is 17.9. The molecular weight excluding hydrogens is 494 g/mol. The number of hydrogen-bond donors (Lipinski definition) is 0. The van der Waals surface area contributed by atoms with E-state index in [1.54, 1.807) is 11.0 Å². The minimum atomic E-state index is -10.7. The molecule has 33 heavy (non-hydrogen) atoms. The summed E-state index contributed by atoms with van der Waals surface area (Å²) >= 11 is 0. The van der Waals surface area contributed by atoms with E-state index in [9.17, 15) is 25.2 Å². The van der Waals surface area contributed by atoms with E-state index >= 15 is 0 Å². The molecule has 0 unspecified atom stereocenters. The molecule has 0 radical (unpaired) electrons. The third-order valence-corrected chi connectivity index (χ3v) is 9.52. The van der Waals surface area contributed by atoms with Crippen molar-refractivity contribution in [2.45, 2.75) is 38.5 Å². The summed E-state index contributed by atoms with van der Waals surface area (Å²) in [6.45, 7) is 6.70. The van der Waals surface area contributed by atoms with Gasteiger partial charge in [0, 0.05) is 45.5 Å². The van der Waals surface area contributed by atoms with Crippen molar-refractivity contribution in [3.8, 4) is 0 Å². The van der Waals surface area contributed by atoms with Crippen LogP contribution in [0.2, 0.25) is 0 Å². The Kier molecular flexibility index (Phi) is 6.31. The molecule has 3 fully saturated rings. The third kappa shape index (κ3) is 6.42. The first-order valence-corrected chi connectivity index (χ1v) is 14.5. The number of fused-ring (bicyclic) bond motifs is 1. The average molecular weight is 521 g/mol. The van der Waals surface area contributed by atoms with Crippen LogP contribution in [-0.2, 0) is 0 Å². The van der Waals surface area contributed by atoms with Crippen molar-refractivity contribution in [3.05, 3.63) is 18.3 Å². The molecule has 3 saturated heterocycles. The fourth-order valence-corrected chi connectivity index (χ4v) is 8.61. The monoisotopic (exact) mass is 521 g/mol. The molecule has 0 saturated carbocycles. The van der Waals surface area contributed by atoms with Crippen LogP contribution in [0.5, 0.6) is 0 Å². The molecule has 16 heteroatoms. The van der Waals surface area contributed by atoms with E-state index in [1.165, 1.54) is 38.5 Å². The number of aromatic nitrogens is 4. The van der Waals surface area contributed by atoms with Crippen molar-refractivity contribution in [2.75, 3.05) is 39.3 Å². The molecule has 3 aliphatic heterocycles. The van der Waals surface area contributed by atoms with Gasteiger partial charge in [0.1, 0.15) is 0 Å². The van der Waals surface area contributed by atoms with E-state index in [2.05, 4.69) is 29.3 Å². The van der Waals surface area contributed by atoms with Crippen molar-refractivity contribution < 1.29 is 29.8 Å². The Balaban J connectivity index is 0.000000325. The van der Waals surface area contributed by atoms with Gasteiger partial charge in [0.2, 0.25) is 5.65 Å². The fraction of sp³-hybridized carbons (Fsp3) is 0.706. The Hall–Kier alpha value is -1.33. The fourth-order valence-electron chi connectivity index (χ4n) is 4.48. The Morgan fingerprint density at radius 1 is 0.758 bits per heavy atom. The molecule has 0 spiro atoms. The summed E-state index contributed by atoms with van der Waals surface area (Å²) in [6.07, 6.45) is 9.29. The molecular formula is C17H27F6N7OP2. The summed E-state index contributed by atoms with van der Waals surface area (Å²) in [6, 6.07) is 3.92. The summed E-state index contributed by atoms with van der Waals surface area (Å²) in [5, 5.41) is 8.55. The number of hydrogen-bond acceptors (Lipinski definition) is 7. The van der Waals surface area contributed by atoms with Gasteiger partial charge >= 0.3 is 40.9 Å². The molecule has 0 N–H and O–H groups in total. The second-order valence-corrected chi connectivity index (χ2v) is 13.1. The standard InChI is InChI=1S/C17H27N7OP.F6P/c1-2-11-21(10-1)26(22-12-3-4-13-22,23-14-5-6-15-23)25-24-16-8-7-9-18-17(16)19-20-24;1-7(2,3,4,5)6/h7-9H,1-6,10-15H2;/q+1;-1. The van der Waals surface area contributed by atoms with Crippen LogP contribution >= 0.6 is 15.8 Å². The molecule has 5 heterocycles. The van der Waals surface area contributed by atoms with Gasteiger partial charge in [0.05, 0.1) is 0 Å². The van der Waals surface area contributed by atoms with E-state index in [0.717, 1.165) is 44.8 Å². The second kappa shape index (κ2) is 8.41. The maximum atomic E-state index is 9.87. The van der Waals surface area contributed by atoms with Crippen molar-refractivity contribution in [3.63, 3.8) is 0 Å². The van der Waals surface area contributed by atoms with Crippen LogP contribution in [0.15, 0.2) is 18.3 Å². The van der Waals surface area contributed by atoms with Gasteiger partial charge in [-0.1, -0.05) is 0 Å². The maximum Gasteiger partial charge on any atom is 0.451 e. The van der Waals surface area contributed by atoms with E-state index in [-0.39, 0.29) is 0 Å². The molecule has 0 aromatic carbocycles. The van der Waals surface area contributed by atoms with Crippen molar-refractivity contribution in [2.24, 2.45) is 0 Å². The quantitative estimate of drug-likeness (QED) is 0.375. The van der Waals surface area contributed by atoms with Crippen molar-refractivity contribution in [1.29, 1.82) is 0 Å². The van der Waals surface area contributed by atoms with Gasteiger partial charge in [-0.3, -0.25) is 0 Å². The Morgan fingerprint density at radius 3 is 1.61 bits per heavy atom. The molecule has 3 aliphatic rings. The predicted molar refractivity (Wildman–Crippen MR) is 115 cm³/mol. The Bertz CT molecular complexity index is 906. The van der Waals surface area contributed by atoms with E-state index in [4.69, 9.17) is 4.62 Å². The predicted octanol–water partition coefficient (Wildman–Crippen LogP) is 5.60. The molecule has 0 atom stereocenters. The first kappa shape index (κ1) is 24.8. The van der Waals surface area contributed by atoms with Gasteiger partial charge in [-0.15, -0.1) is 19.1 Å². The molecule has 0 amide bonds. The van der Waals surface area contributed by atoms with Crippen molar-refractivity contribution >= 4 is 26.9 Å². The van der Waals surface area contributed by atoms with Gasteiger partial charge in [0.25, 0.3) is 0 Å². The number of rotatable bonds is 5. The summed E-state index contributed by atoms with van der Waals surface area (Å²) in [5.41, 5.74) is 1.50. The van der Waals surface area contributed by atoms with Gasteiger partial charge in [-0.05, 0) is 60.7 Å². The summed E-state index contributed by atoms with van der Waals surface area (Å²) in [7, 11) is -12.8.